The zero-order valence-corrected chi connectivity index (χ0v) is 16.6. The van der Waals surface area contributed by atoms with Gasteiger partial charge in [-0.2, -0.15) is 5.26 Å². The number of furan rings is 1. The van der Waals surface area contributed by atoms with E-state index in [1.807, 2.05) is 26.0 Å². The summed E-state index contributed by atoms with van der Waals surface area (Å²) in [5.74, 6) is 1.34. The number of hydrogen-bond donors (Lipinski definition) is 1. The maximum atomic E-state index is 12.5. The first kappa shape index (κ1) is 18.2. The molecule has 3 aromatic heterocycles. The van der Waals surface area contributed by atoms with Crippen LogP contribution in [0.25, 0.3) is 33.2 Å². The molecular formula is C21H14ClN3O2S. The largest absolute Gasteiger partial charge is 0.457 e. The van der Waals surface area contributed by atoms with Gasteiger partial charge in [-0.05, 0) is 43.7 Å². The van der Waals surface area contributed by atoms with E-state index in [9.17, 15) is 10.1 Å². The van der Waals surface area contributed by atoms with E-state index in [1.165, 1.54) is 11.3 Å². The monoisotopic (exact) mass is 407 g/mol. The highest BCUT2D eigenvalue weighted by molar-refractivity contribution is 7.18. The molecule has 0 spiro atoms. The smallest absolute Gasteiger partial charge is 0.260 e. The maximum absolute atomic E-state index is 12.5. The molecule has 0 bridgehead atoms. The van der Waals surface area contributed by atoms with E-state index in [2.05, 4.69) is 16.0 Å². The van der Waals surface area contributed by atoms with Crippen LogP contribution < -0.4 is 5.56 Å². The average Bonchev–Trinajstić information content (AvgIpc) is 3.24. The summed E-state index contributed by atoms with van der Waals surface area (Å²) in [6.07, 6.45) is 1.56. The summed E-state index contributed by atoms with van der Waals surface area (Å²) in [7, 11) is 0. The summed E-state index contributed by atoms with van der Waals surface area (Å²) in [5, 5.41) is 10.8. The Morgan fingerprint density at radius 3 is 2.89 bits per heavy atom. The van der Waals surface area contributed by atoms with Crippen molar-refractivity contribution in [1.29, 1.82) is 5.26 Å². The predicted octanol–water partition coefficient (Wildman–Crippen LogP) is 5.58. The number of aromatic nitrogens is 2. The number of benzene rings is 1. The number of halogens is 1. The maximum Gasteiger partial charge on any atom is 0.260 e. The number of allylic oxidation sites excluding steroid dienone is 1. The molecule has 0 unspecified atom stereocenters. The molecule has 0 aliphatic heterocycles. The Bertz CT molecular complexity index is 1340. The van der Waals surface area contributed by atoms with Crippen molar-refractivity contribution < 1.29 is 4.42 Å². The van der Waals surface area contributed by atoms with Crippen LogP contribution in [0, 0.1) is 25.2 Å². The second-order valence-electron chi connectivity index (χ2n) is 6.26. The number of nitriles is 1. The zero-order chi connectivity index (χ0) is 19.8. The summed E-state index contributed by atoms with van der Waals surface area (Å²) in [6.45, 7) is 3.84. The number of fused-ring (bicyclic) bond motifs is 1. The van der Waals surface area contributed by atoms with Crippen molar-refractivity contribution in [2.24, 2.45) is 0 Å². The van der Waals surface area contributed by atoms with Gasteiger partial charge in [-0.1, -0.05) is 23.7 Å². The normalized spacial score (nSPS) is 11.7. The van der Waals surface area contributed by atoms with Gasteiger partial charge < -0.3 is 9.40 Å². The van der Waals surface area contributed by atoms with Gasteiger partial charge in [-0.15, -0.1) is 11.3 Å². The highest BCUT2D eigenvalue weighted by Gasteiger charge is 2.14. The Morgan fingerprint density at radius 2 is 2.14 bits per heavy atom. The van der Waals surface area contributed by atoms with Crippen molar-refractivity contribution in [3.05, 3.63) is 73.8 Å². The first-order valence-corrected chi connectivity index (χ1v) is 9.63. The van der Waals surface area contributed by atoms with Crippen molar-refractivity contribution in [2.45, 2.75) is 13.8 Å². The summed E-state index contributed by atoms with van der Waals surface area (Å²) >= 11 is 7.47. The molecule has 7 heteroatoms. The van der Waals surface area contributed by atoms with Crippen LogP contribution in [0.4, 0.5) is 0 Å². The van der Waals surface area contributed by atoms with Gasteiger partial charge in [-0.25, -0.2) is 4.98 Å². The molecule has 5 nitrogen and oxygen atoms in total. The van der Waals surface area contributed by atoms with Gasteiger partial charge in [0.25, 0.3) is 5.56 Å². The van der Waals surface area contributed by atoms with Crippen molar-refractivity contribution in [3.63, 3.8) is 0 Å². The number of aromatic amines is 1. The summed E-state index contributed by atoms with van der Waals surface area (Å²) < 4.78 is 5.82. The van der Waals surface area contributed by atoms with Crippen LogP contribution in [-0.4, -0.2) is 9.97 Å². The fourth-order valence-corrected chi connectivity index (χ4v) is 4.13. The second-order valence-corrected chi connectivity index (χ2v) is 7.90. The van der Waals surface area contributed by atoms with Gasteiger partial charge >= 0.3 is 0 Å². The van der Waals surface area contributed by atoms with Gasteiger partial charge in [0.05, 0.1) is 11.0 Å². The highest BCUT2D eigenvalue weighted by Crippen LogP contribution is 2.28. The standard InChI is InChI=1S/C21H14ClN3O2S/c1-11-12(2)28-21-18(11)20(26)24-19(25-21)14(10-23)9-16-6-7-17(27-16)13-4-3-5-15(22)8-13/h3-9H,1-2H3,(H,24,25,26). The first-order valence-electron chi connectivity index (χ1n) is 8.44. The minimum absolute atomic E-state index is 0.217. The Kier molecular flexibility index (Phi) is 4.63. The van der Waals surface area contributed by atoms with E-state index < -0.39 is 0 Å². The fraction of sp³-hybridized carbons (Fsp3) is 0.0952. The van der Waals surface area contributed by atoms with E-state index in [1.54, 1.807) is 30.3 Å². The van der Waals surface area contributed by atoms with Crippen LogP contribution in [0.1, 0.15) is 22.0 Å². The van der Waals surface area contributed by atoms with Gasteiger partial charge in [0, 0.05) is 21.5 Å². The average molecular weight is 408 g/mol. The van der Waals surface area contributed by atoms with Gasteiger partial charge in [0.1, 0.15) is 22.4 Å². The minimum atomic E-state index is -0.248. The second kappa shape index (κ2) is 7.12. The molecule has 0 atom stereocenters. The van der Waals surface area contributed by atoms with Crippen molar-refractivity contribution in [3.8, 4) is 17.4 Å². The SMILES string of the molecule is Cc1sc2nc(C(C#N)=Cc3ccc(-c4cccc(Cl)c4)o3)[nH]c(=O)c2c1C. The highest BCUT2D eigenvalue weighted by atomic mass is 35.5. The van der Waals surface area contributed by atoms with Gasteiger partial charge in [-0.3, -0.25) is 4.79 Å². The molecule has 28 heavy (non-hydrogen) atoms. The molecule has 4 rings (SSSR count). The van der Waals surface area contributed by atoms with Gasteiger partial charge in [0.15, 0.2) is 5.82 Å². The van der Waals surface area contributed by atoms with Crippen LogP contribution in [0.3, 0.4) is 0 Å². The number of hydrogen-bond acceptors (Lipinski definition) is 5. The Labute approximate surface area is 169 Å². The third kappa shape index (κ3) is 3.26. The van der Waals surface area contributed by atoms with E-state index in [-0.39, 0.29) is 17.0 Å². The molecule has 0 fully saturated rings. The van der Waals surface area contributed by atoms with Crippen LogP contribution >= 0.6 is 22.9 Å². The molecule has 3 heterocycles. The van der Waals surface area contributed by atoms with Crippen molar-refractivity contribution >= 4 is 44.8 Å². The quantitative estimate of drug-likeness (QED) is 0.449. The van der Waals surface area contributed by atoms with Crippen molar-refractivity contribution in [2.75, 3.05) is 0 Å². The summed E-state index contributed by atoms with van der Waals surface area (Å²) in [6, 6.07) is 13.0. The van der Waals surface area contributed by atoms with Crippen LogP contribution in [0.5, 0.6) is 0 Å². The summed E-state index contributed by atoms with van der Waals surface area (Å²) in [4.78, 5) is 21.3. The lowest BCUT2D eigenvalue weighted by molar-refractivity contribution is 0.572. The number of thiophene rings is 1. The Balaban J connectivity index is 1.76. The molecule has 0 aliphatic carbocycles. The molecule has 0 saturated heterocycles. The molecule has 1 N–H and O–H groups in total. The molecule has 0 saturated carbocycles. The third-order valence-electron chi connectivity index (χ3n) is 4.44. The lowest BCUT2D eigenvalue weighted by Gasteiger charge is -1.99. The van der Waals surface area contributed by atoms with E-state index in [4.69, 9.17) is 16.0 Å². The number of nitrogens with zero attached hydrogens (tertiary/aromatic N) is 2. The lowest BCUT2D eigenvalue weighted by Crippen LogP contribution is -2.10. The third-order valence-corrected chi connectivity index (χ3v) is 5.77. The Morgan fingerprint density at radius 1 is 1.32 bits per heavy atom. The van der Waals surface area contributed by atoms with Crippen LogP contribution in [0.15, 0.2) is 45.6 Å². The fourth-order valence-electron chi connectivity index (χ4n) is 2.91. The Hall–Kier alpha value is -3.14. The van der Waals surface area contributed by atoms with Crippen LogP contribution in [-0.2, 0) is 0 Å². The van der Waals surface area contributed by atoms with E-state index in [0.29, 0.717) is 26.8 Å². The minimum Gasteiger partial charge on any atom is -0.457 e. The topological polar surface area (TPSA) is 82.7 Å². The molecule has 0 aliphatic rings. The molecular weight excluding hydrogens is 394 g/mol. The van der Waals surface area contributed by atoms with E-state index >= 15 is 0 Å². The van der Waals surface area contributed by atoms with Crippen molar-refractivity contribution in [1.82, 2.24) is 9.97 Å². The van der Waals surface area contributed by atoms with E-state index in [0.717, 1.165) is 16.0 Å². The van der Waals surface area contributed by atoms with Crippen LogP contribution in [0.2, 0.25) is 5.02 Å². The number of rotatable bonds is 3. The number of nitrogens with one attached hydrogen (secondary N) is 1. The lowest BCUT2D eigenvalue weighted by atomic mass is 10.2. The zero-order valence-electron chi connectivity index (χ0n) is 15.0. The summed E-state index contributed by atoms with van der Waals surface area (Å²) in [5.41, 5.74) is 1.72. The number of aryl methyl sites for hydroxylation is 2. The molecule has 1 aromatic carbocycles. The molecule has 0 amide bonds. The predicted molar refractivity (Wildman–Crippen MR) is 112 cm³/mol. The molecule has 138 valence electrons. The first-order chi connectivity index (χ1) is 13.5. The molecule has 0 radical (unpaired) electrons. The number of H-pyrrole nitrogens is 1. The van der Waals surface area contributed by atoms with Gasteiger partial charge in [0.2, 0.25) is 0 Å². The molecule has 4 aromatic rings.